The van der Waals surface area contributed by atoms with Crippen molar-refractivity contribution in [1.82, 2.24) is 4.90 Å². The predicted octanol–water partition coefficient (Wildman–Crippen LogP) is 2.04. The minimum Gasteiger partial charge on any atom is -0.269 e. The van der Waals surface area contributed by atoms with Crippen LogP contribution in [0, 0.1) is 0 Å². The Kier molecular flexibility index (Phi) is 2.32. The fraction of sp³-hybridized carbons (Fsp3) is 0.0909. The van der Waals surface area contributed by atoms with Crippen LogP contribution in [0.4, 0.5) is 0 Å². The number of halogens is 1. The number of hydrogen-bond acceptors (Lipinski definition) is 2. The number of nitrogens with zero attached hydrogens (tertiary/aromatic N) is 1. The summed E-state index contributed by atoms with van der Waals surface area (Å²) >= 11 is 5.59. The Morgan fingerprint density at radius 3 is 2.07 bits per heavy atom. The number of fused-ring (bicyclic) bond motifs is 1. The maximum absolute atomic E-state index is 11.7. The van der Waals surface area contributed by atoms with Crippen molar-refractivity contribution in [2.75, 3.05) is 6.54 Å². The molecule has 2 rings (SSSR count). The summed E-state index contributed by atoms with van der Waals surface area (Å²) in [4.78, 5) is 24.6. The van der Waals surface area contributed by atoms with Crippen molar-refractivity contribution in [2.45, 2.75) is 0 Å². The molecule has 76 valence electrons. The van der Waals surface area contributed by atoms with E-state index in [1.807, 2.05) is 0 Å². The fourth-order valence-electron chi connectivity index (χ4n) is 1.55. The van der Waals surface area contributed by atoms with Gasteiger partial charge in [-0.25, -0.2) is 0 Å². The van der Waals surface area contributed by atoms with Crippen LogP contribution in [0.15, 0.2) is 35.9 Å². The number of hydrogen-bond donors (Lipinski definition) is 0. The van der Waals surface area contributed by atoms with E-state index in [9.17, 15) is 9.59 Å². The maximum Gasteiger partial charge on any atom is 0.261 e. The summed E-state index contributed by atoms with van der Waals surface area (Å²) in [5.74, 6) is -0.616. The van der Waals surface area contributed by atoms with Gasteiger partial charge in [-0.15, -0.1) is 0 Å². The van der Waals surface area contributed by atoms with Gasteiger partial charge in [0.1, 0.15) is 0 Å². The van der Waals surface area contributed by atoms with Gasteiger partial charge in [-0.1, -0.05) is 30.3 Å². The van der Waals surface area contributed by atoms with E-state index in [2.05, 4.69) is 6.58 Å². The average Bonchev–Trinajstić information content (AvgIpc) is 2.44. The van der Waals surface area contributed by atoms with Gasteiger partial charge in [0.05, 0.1) is 17.7 Å². The number of imide groups is 1. The molecule has 0 fully saturated rings. The second kappa shape index (κ2) is 3.51. The molecule has 0 bridgehead atoms. The van der Waals surface area contributed by atoms with Gasteiger partial charge in [-0.3, -0.25) is 14.5 Å². The largest absolute Gasteiger partial charge is 0.269 e. The standard InChI is InChI=1S/C11H8ClNO2/c1-7(12)6-13-10(14)8-4-2-3-5-9(8)11(13)15/h2-5H,1,6H2. The first-order valence-corrected chi connectivity index (χ1v) is 4.77. The highest BCUT2D eigenvalue weighted by atomic mass is 35.5. The Bertz CT molecular complexity index is 432. The molecule has 0 radical (unpaired) electrons. The first kappa shape index (κ1) is 9.93. The van der Waals surface area contributed by atoms with E-state index in [4.69, 9.17) is 11.6 Å². The Morgan fingerprint density at radius 1 is 1.20 bits per heavy atom. The molecule has 0 atom stereocenters. The zero-order valence-corrected chi connectivity index (χ0v) is 8.62. The van der Waals surface area contributed by atoms with Crippen LogP contribution in [-0.4, -0.2) is 23.3 Å². The third-order valence-electron chi connectivity index (χ3n) is 2.21. The molecular formula is C11H8ClNO2. The molecule has 15 heavy (non-hydrogen) atoms. The van der Waals surface area contributed by atoms with Gasteiger partial charge < -0.3 is 0 Å². The lowest BCUT2D eigenvalue weighted by Crippen LogP contribution is -2.30. The first-order chi connectivity index (χ1) is 7.11. The molecule has 1 heterocycles. The summed E-state index contributed by atoms with van der Waals surface area (Å²) in [6.45, 7) is 3.53. The van der Waals surface area contributed by atoms with Gasteiger partial charge in [0.25, 0.3) is 11.8 Å². The normalized spacial score (nSPS) is 14.3. The van der Waals surface area contributed by atoms with Crippen molar-refractivity contribution in [2.24, 2.45) is 0 Å². The van der Waals surface area contributed by atoms with Crippen molar-refractivity contribution in [1.29, 1.82) is 0 Å². The molecule has 0 aliphatic carbocycles. The van der Waals surface area contributed by atoms with E-state index in [0.29, 0.717) is 11.1 Å². The van der Waals surface area contributed by atoms with Gasteiger partial charge in [0.15, 0.2) is 0 Å². The maximum atomic E-state index is 11.7. The highest BCUT2D eigenvalue weighted by molar-refractivity contribution is 6.30. The Balaban J connectivity index is 2.41. The van der Waals surface area contributed by atoms with Gasteiger partial charge in [-0.2, -0.15) is 0 Å². The highest BCUT2D eigenvalue weighted by Gasteiger charge is 2.34. The molecule has 0 unspecified atom stereocenters. The predicted molar refractivity (Wildman–Crippen MR) is 56.8 cm³/mol. The lowest BCUT2D eigenvalue weighted by atomic mass is 10.1. The van der Waals surface area contributed by atoms with Gasteiger partial charge in [-0.05, 0) is 12.1 Å². The monoisotopic (exact) mass is 221 g/mol. The van der Waals surface area contributed by atoms with Crippen molar-refractivity contribution < 1.29 is 9.59 Å². The molecule has 0 N–H and O–H groups in total. The second-order valence-electron chi connectivity index (χ2n) is 3.26. The number of benzene rings is 1. The topological polar surface area (TPSA) is 37.4 Å². The quantitative estimate of drug-likeness (QED) is 0.717. The molecule has 1 aliphatic heterocycles. The third kappa shape index (κ3) is 1.55. The first-order valence-electron chi connectivity index (χ1n) is 4.40. The van der Waals surface area contributed by atoms with E-state index in [0.717, 1.165) is 4.90 Å². The smallest absolute Gasteiger partial charge is 0.261 e. The van der Waals surface area contributed by atoms with E-state index in [-0.39, 0.29) is 23.4 Å². The molecule has 1 aromatic carbocycles. The number of rotatable bonds is 2. The molecule has 1 aliphatic rings. The van der Waals surface area contributed by atoms with Crippen LogP contribution in [0.3, 0.4) is 0 Å². The van der Waals surface area contributed by atoms with Crippen LogP contribution in [-0.2, 0) is 0 Å². The molecule has 4 heteroatoms. The molecule has 0 aromatic heterocycles. The molecule has 0 saturated carbocycles. The van der Waals surface area contributed by atoms with E-state index < -0.39 is 0 Å². The van der Waals surface area contributed by atoms with Crippen molar-refractivity contribution in [3.63, 3.8) is 0 Å². The Hall–Kier alpha value is -1.61. The molecule has 0 saturated heterocycles. The lowest BCUT2D eigenvalue weighted by Gasteiger charge is -2.11. The minimum absolute atomic E-state index is 0.0634. The summed E-state index contributed by atoms with van der Waals surface area (Å²) < 4.78 is 0. The van der Waals surface area contributed by atoms with Crippen LogP contribution >= 0.6 is 11.6 Å². The number of amides is 2. The van der Waals surface area contributed by atoms with Gasteiger partial charge in [0.2, 0.25) is 0 Å². The zero-order valence-electron chi connectivity index (χ0n) is 7.87. The molecule has 1 aromatic rings. The molecular weight excluding hydrogens is 214 g/mol. The van der Waals surface area contributed by atoms with Crippen molar-refractivity contribution in [3.05, 3.63) is 47.0 Å². The SMILES string of the molecule is C=C(Cl)CN1C(=O)c2ccccc2C1=O. The van der Waals surface area contributed by atoms with E-state index in [1.165, 1.54) is 0 Å². The summed E-state index contributed by atoms with van der Waals surface area (Å²) in [6.07, 6.45) is 0. The highest BCUT2D eigenvalue weighted by Crippen LogP contribution is 2.23. The van der Waals surface area contributed by atoms with Crippen LogP contribution in [0.5, 0.6) is 0 Å². The van der Waals surface area contributed by atoms with Gasteiger partial charge in [0, 0.05) is 5.03 Å². The van der Waals surface area contributed by atoms with Crippen LogP contribution in [0.2, 0.25) is 0 Å². The van der Waals surface area contributed by atoms with Crippen molar-refractivity contribution >= 4 is 23.4 Å². The van der Waals surface area contributed by atoms with E-state index >= 15 is 0 Å². The molecule has 0 spiro atoms. The fourth-order valence-corrected chi connectivity index (χ4v) is 1.67. The van der Waals surface area contributed by atoms with Crippen LogP contribution in [0.1, 0.15) is 20.7 Å². The zero-order chi connectivity index (χ0) is 11.0. The van der Waals surface area contributed by atoms with Crippen LogP contribution in [0.25, 0.3) is 0 Å². The third-order valence-corrected chi connectivity index (χ3v) is 2.33. The summed E-state index contributed by atoms with van der Waals surface area (Å²) in [7, 11) is 0. The van der Waals surface area contributed by atoms with Crippen molar-refractivity contribution in [3.8, 4) is 0 Å². The lowest BCUT2D eigenvalue weighted by molar-refractivity contribution is 0.0670. The summed E-state index contributed by atoms with van der Waals surface area (Å²) in [6, 6.07) is 6.71. The Morgan fingerprint density at radius 2 is 1.67 bits per heavy atom. The minimum atomic E-state index is -0.308. The van der Waals surface area contributed by atoms with Gasteiger partial charge >= 0.3 is 0 Å². The molecule has 3 nitrogen and oxygen atoms in total. The second-order valence-corrected chi connectivity index (χ2v) is 3.79. The van der Waals surface area contributed by atoms with E-state index in [1.54, 1.807) is 24.3 Å². The van der Waals surface area contributed by atoms with Crippen LogP contribution < -0.4 is 0 Å². The number of carbonyl (C=O) groups excluding carboxylic acids is 2. The summed E-state index contributed by atoms with van der Waals surface area (Å²) in [5.41, 5.74) is 0.862. The number of carbonyl (C=O) groups is 2. The summed E-state index contributed by atoms with van der Waals surface area (Å²) in [5, 5.41) is 0.268. The molecule has 2 amide bonds. The average molecular weight is 222 g/mol. The Labute approximate surface area is 91.9 Å².